The Balaban J connectivity index is 2.60. The van der Waals surface area contributed by atoms with Crippen LogP contribution in [0.1, 0.15) is 61.4 Å². The number of rotatable bonds is 2. The van der Waals surface area contributed by atoms with Gasteiger partial charge in [-0.25, -0.2) is 9.97 Å². The van der Waals surface area contributed by atoms with E-state index in [0.717, 1.165) is 32.2 Å². The van der Waals surface area contributed by atoms with Crippen molar-refractivity contribution < 1.29 is 4.79 Å². The van der Waals surface area contributed by atoms with E-state index in [0.29, 0.717) is 0 Å². The minimum atomic E-state index is -0.100. The largest absolute Gasteiger partial charge is 0.349 e. The van der Waals surface area contributed by atoms with E-state index in [4.69, 9.17) is 0 Å². The molecule has 0 spiro atoms. The first-order valence-electron chi connectivity index (χ1n) is 7.20. The van der Waals surface area contributed by atoms with Gasteiger partial charge < -0.3 is 5.32 Å². The second kappa shape index (κ2) is 5.37. The average Bonchev–Trinajstić information content (AvgIpc) is 2.65. The Morgan fingerprint density at radius 3 is 2.33 bits per heavy atom. The molecule has 0 saturated carbocycles. The van der Waals surface area contributed by atoms with E-state index >= 15 is 0 Å². The summed E-state index contributed by atoms with van der Waals surface area (Å²) < 4.78 is 0. The van der Waals surface area contributed by atoms with Gasteiger partial charge in [0.15, 0.2) is 0 Å². The summed E-state index contributed by atoms with van der Waals surface area (Å²) in [4.78, 5) is 23.2. The normalized spacial score (nSPS) is 12.2. The monoisotopic (exact) mass is 305 g/mol. The van der Waals surface area contributed by atoms with E-state index in [2.05, 4.69) is 36.1 Å². The van der Waals surface area contributed by atoms with E-state index < -0.39 is 0 Å². The van der Waals surface area contributed by atoms with Crippen molar-refractivity contribution in [1.29, 1.82) is 0 Å². The molecular formula is C16H23N3OS. The van der Waals surface area contributed by atoms with Crippen LogP contribution in [0.3, 0.4) is 0 Å². The first kappa shape index (κ1) is 15.9. The van der Waals surface area contributed by atoms with Crippen molar-refractivity contribution in [3.8, 4) is 0 Å². The summed E-state index contributed by atoms with van der Waals surface area (Å²) >= 11 is 1.46. The number of nitrogens with one attached hydrogen (secondary N) is 1. The van der Waals surface area contributed by atoms with Crippen LogP contribution < -0.4 is 5.32 Å². The van der Waals surface area contributed by atoms with Crippen molar-refractivity contribution in [2.24, 2.45) is 0 Å². The molecule has 0 saturated heterocycles. The van der Waals surface area contributed by atoms with Crippen molar-refractivity contribution in [2.45, 2.75) is 59.9 Å². The third-order valence-electron chi connectivity index (χ3n) is 3.27. The van der Waals surface area contributed by atoms with Crippen LogP contribution in [0.4, 0.5) is 0 Å². The molecule has 1 N–H and O–H groups in total. The van der Waals surface area contributed by atoms with Gasteiger partial charge >= 0.3 is 0 Å². The van der Waals surface area contributed by atoms with Gasteiger partial charge in [0, 0.05) is 16.8 Å². The average molecular weight is 305 g/mol. The number of hydrogen-bond acceptors (Lipinski definition) is 4. The topological polar surface area (TPSA) is 54.9 Å². The van der Waals surface area contributed by atoms with Gasteiger partial charge in [-0.05, 0) is 33.3 Å². The lowest BCUT2D eigenvalue weighted by Gasteiger charge is -2.16. The predicted octanol–water partition coefficient (Wildman–Crippen LogP) is 3.74. The third kappa shape index (κ3) is 3.07. The summed E-state index contributed by atoms with van der Waals surface area (Å²) in [5, 5.41) is 3.96. The van der Waals surface area contributed by atoms with E-state index in [-0.39, 0.29) is 17.4 Å². The standard InChI is InChI=1S/C16H23N3OS/c1-8(2)17-13(20)12-9(3)11-10(4)18-15(16(5,6)7)19-14(11)21-12/h8H,1-7H3,(H,17,20). The molecule has 0 unspecified atom stereocenters. The van der Waals surface area contributed by atoms with Crippen molar-refractivity contribution in [3.05, 3.63) is 22.0 Å². The zero-order chi connectivity index (χ0) is 15.9. The lowest BCUT2D eigenvalue weighted by atomic mass is 9.95. The van der Waals surface area contributed by atoms with Crippen LogP contribution in [0.2, 0.25) is 0 Å². The van der Waals surface area contributed by atoms with Gasteiger partial charge in [-0.2, -0.15) is 0 Å². The molecule has 0 aliphatic rings. The quantitative estimate of drug-likeness (QED) is 0.919. The molecule has 4 nitrogen and oxygen atoms in total. The number of aryl methyl sites for hydroxylation is 2. The number of aromatic nitrogens is 2. The molecule has 2 heterocycles. The second-order valence-corrected chi connectivity index (χ2v) is 7.75. The highest BCUT2D eigenvalue weighted by molar-refractivity contribution is 7.20. The lowest BCUT2D eigenvalue weighted by Crippen LogP contribution is -2.29. The van der Waals surface area contributed by atoms with Crippen LogP contribution in [-0.2, 0) is 5.41 Å². The first-order chi connectivity index (χ1) is 9.61. The van der Waals surface area contributed by atoms with E-state index in [1.54, 1.807) is 0 Å². The summed E-state index contributed by atoms with van der Waals surface area (Å²) in [5.74, 6) is 0.798. The minimum absolute atomic E-state index is 0.0257. The summed E-state index contributed by atoms with van der Waals surface area (Å²) in [6.07, 6.45) is 0. The molecule has 0 bridgehead atoms. The van der Waals surface area contributed by atoms with Gasteiger partial charge in [0.05, 0.1) is 10.6 Å². The predicted molar refractivity (Wildman–Crippen MR) is 88.2 cm³/mol. The number of amides is 1. The van der Waals surface area contributed by atoms with Gasteiger partial charge in [-0.15, -0.1) is 11.3 Å². The summed E-state index contributed by atoms with van der Waals surface area (Å²) in [5.41, 5.74) is 1.82. The molecule has 114 valence electrons. The highest BCUT2D eigenvalue weighted by atomic mass is 32.1. The third-order valence-corrected chi connectivity index (χ3v) is 4.45. The number of carbonyl (C=O) groups excluding carboxylic acids is 1. The molecule has 2 aromatic rings. The van der Waals surface area contributed by atoms with E-state index in [9.17, 15) is 4.79 Å². The Morgan fingerprint density at radius 1 is 1.19 bits per heavy atom. The SMILES string of the molecule is Cc1nc(C(C)(C)C)nc2sc(C(=O)NC(C)C)c(C)c12. The first-order valence-corrected chi connectivity index (χ1v) is 8.02. The van der Waals surface area contributed by atoms with Gasteiger partial charge in [0.25, 0.3) is 5.91 Å². The summed E-state index contributed by atoms with van der Waals surface area (Å²) in [6.45, 7) is 14.2. The number of hydrogen-bond donors (Lipinski definition) is 1. The number of nitrogens with zero attached hydrogens (tertiary/aromatic N) is 2. The molecule has 1 amide bonds. The van der Waals surface area contributed by atoms with Crippen molar-refractivity contribution in [1.82, 2.24) is 15.3 Å². The maximum atomic E-state index is 12.3. The van der Waals surface area contributed by atoms with Crippen molar-refractivity contribution in [2.75, 3.05) is 0 Å². The molecule has 2 rings (SSSR count). The second-order valence-electron chi connectivity index (χ2n) is 6.75. The fraction of sp³-hybridized carbons (Fsp3) is 0.562. The molecule has 0 fully saturated rings. The molecule has 2 aromatic heterocycles. The maximum Gasteiger partial charge on any atom is 0.261 e. The highest BCUT2D eigenvalue weighted by Gasteiger charge is 2.23. The van der Waals surface area contributed by atoms with Crippen molar-refractivity contribution >= 4 is 27.5 Å². The Kier molecular flexibility index (Phi) is 4.06. The van der Waals surface area contributed by atoms with Crippen molar-refractivity contribution in [3.63, 3.8) is 0 Å². The number of fused-ring (bicyclic) bond motifs is 1. The zero-order valence-corrected chi connectivity index (χ0v) is 14.6. The van der Waals surface area contributed by atoms with Crippen LogP contribution in [0.25, 0.3) is 10.2 Å². The highest BCUT2D eigenvalue weighted by Crippen LogP contribution is 2.33. The molecule has 0 aliphatic carbocycles. The van der Waals surface area contributed by atoms with Crippen LogP contribution in [0.15, 0.2) is 0 Å². The minimum Gasteiger partial charge on any atom is -0.349 e. The van der Waals surface area contributed by atoms with Gasteiger partial charge in [-0.3, -0.25) is 4.79 Å². The van der Waals surface area contributed by atoms with Gasteiger partial charge in [-0.1, -0.05) is 20.8 Å². The smallest absolute Gasteiger partial charge is 0.261 e. The molecule has 0 atom stereocenters. The molecule has 5 heteroatoms. The van der Waals surface area contributed by atoms with Gasteiger partial charge in [0.1, 0.15) is 10.7 Å². The maximum absolute atomic E-state index is 12.3. The Bertz CT molecular complexity index is 696. The van der Waals surface area contributed by atoms with Gasteiger partial charge in [0.2, 0.25) is 0 Å². The molecular weight excluding hydrogens is 282 g/mol. The number of carbonyl (C=O) groups is 1. The zero-order valence-electron chi connectivity index (χ0n) is 13.8. The Labute approximate surface area is 130 Å². The van der Waals surface area contributed by atoms with Crippen LogP contribution >= 0.6 is 11.3 Å². The Hall–Kier alpha value is -1.49. The van der Waals surface area contributed by atoms with Crippen LogP contribution in [-0.4, -0.2) is 21.9 Å². The fourth-order valence-corrected chi connectivity index (χ4v) is 3.35. The number of thiophene rings is 1. The fourth-order valence-electron chi connectivity index (χ4n) is 2.22. The van der Waals surface area contributed by atoms with Crippen LogP contribution in [0, 0.1) is 13.8 Å². The Morgan fingerprint density at radius 2 is 1.81 bits per heavy atom. The molecule has 0 radical (unpaired) electrons. The van der Waals surface area contributed by atoms with E-state index in [1.165, 1.54) is 11.3 Å². The molecule has 0 aliphatic heterocycles. The van der Waals surface area contributed by atoms with E-state index in [1.807, 2.05) is 27.7 Å². The molecule has 21 heavy (non-hydrogen) atoms. The molecule has 0 aromatic carbocycles. The summed E-state index contributed by atoms with van der Waals surface area (Å²) in [7, 11) is 0. The van der Waals surface area contributed by atoms with Crippen LogP contribution in [0.5, 0.6) is 0 Å². The lowest BCUT2D eigenvalue weighted by molar-refractivity contribution is 0.0947. The summed E-state index contributed by atoms with van der Waals surface area (Å²) in [6, 6.07) is 0.124.